The van der Waals surface area contributed by atoms with E-state index in [9.17, 15) is 4.79 Å². The quantitative estimate of drug-likeness (QED) is 0.307. The van der Waals surface area contributed by atoms with Gasteiger partial charge in [-0.15, -0.1) is 0 Å². The summed E-state index contributed by atoms with van der Waals surface area (Å²) in [5.74, 6) is 1.33. The Morgan fingerprint density at radius 2 is 1.42 bits per heavy atom. The number of carbonyl (C=O) groups is 1. The fourth-order valence-corrected chi connectivity index (χ4v) is 3.24. The first-order valence-electron chi connectivity index (χ1n) is 10.1. The Labute approximate surface area is 181 Å². The van der Waals surface area contributed by atoms with Crippen molar-refractivity contribution in [1.82, 2.24) is 0 Å². The molecule has 1 aliphatic rings. The number of carbonyl (C=O) groups excluding carboxylic acids is 1. The van der Waals surface area contributed by atoms with Gasteiger partial charge in [-0.25, -0.2) is 9.79 Å². The highest BCUT2D eigenvalue weighted by atomic mass is 16.6. The van der Waals surface area contributed by atoms with Crippen LogP contribution in [0.2, 0.25) is 0 Å². The number of rotatable bonds is 7. The molecule has 0 radical (unpaired) electrons. The van der Waals surface area contributed by atoms with Gasteiger partial charge in [0.1, 0.15) is 24.7 Å². The van der Waals surface area contributed by atoms with Crippen LogP contribution in [0.5, 0.6) is 11.5 Å². The van der Waals surface area contributed by atoms with E-state index in [0.29, 0.717) is 24.9 Å². The second kappa shape index (κ2) is 9.30. The molecule has 0 aliphatic carbocycles. The van der Waals surface area contributed by atoms with Crippen molar-refractivity contribution in [2.75, 3.05) is 13.2 Å². The van der Waals surface area contributed by atoms with E-state index < -0.39 is 5.97 Å². The maximum atomic E-state index is 12.4. The second-order valence-corrected chi connectivity index (χ2v) is 7.15. The fourth-order valence-electron chi connectivity index (χ4n) is 3.24. The standard InChI is InChI=1S/C26H23NO4/c1-18-9-3-6-12-21(18)25-27-22(26(28)31-25)17-20-11-5-8-14-24(20)30-16-15-29-23-13-7-4-10-19(23)2/h3-14,17H,15-16H2,1-2H3. The van der Waals surface area contributed by atoms with Crippen molar-refractivity contribution >= 4 is 17.9 Å². The molecule has 0 atom stereocenters. The molecule has 0 N–H and O–H groups in total. The van der Waals surface area contributed by atoms with Gasteiger partial charge < -0.3 is 14.2 Å². The minimum absolute atomic E-state index is 0.241. The Hall–Kier alpha value is -3.86. The maximum Gasteiger partial charge on any atom is 0.363 e. The molecule has 31 heavy (non-hydrogen) atoms. The van der Waals surface area contributed by atoms with E-state index in [0.717, 1.165) is 28.0 Å². The van der Waals surface area contributed by atoms with Gasteiger partial charge in [0, 0.05) is 11.1 Å². The largest absolute Gasteiger partial charge is 0.490 e. The van der Waals surface area contributed by atoms with E-state index in [-0.39, 0.29) is 5.70 Å². The number of esters is 1. The number of aryl methyl sites for hydroxylation is 2. The smallest absolute Gasteiger partial charge is 0.363 e. The Morgan fingerprint density at radius 3 is 2.16 bits per heavy atom. The minimum Gasteiger partial charge on any atom is -0.490 e. The van der Waals surface area contributed by atoms with Gasteiger partial charge in [-0.1, -0.05) is 54.6 Å². The van der Waals surface area contributed by atoms with Crippen LogP contribution in [0.15, 0.2) is 83.5 Å². The summed E-state index contributed by atoms with van der Waals surface area (Å²) in [6, 6.07) is 23.0. The maximum absolute atomic E-state index is 12.4. The van der Waals surface area contributed by atoms with Crippen LogP contribution in [-0.2, 0) is 9.53 Å². The normalized spacial score (nSPS) is 14.3. The highest BCUT2D eigenvalue weighted by Crippen LogP contribution is 2.25. The van der Waals surface area contributed by atoms with E-state index in [1.54, 1.807) is 6.08 Å². The summed E-state index contributed by atoms with van der Waals surface area (Å²) in [6.07, 6.45) is 1.69. The van der Waals surface area contributed by atoms with Crippen LogP contribution in [0.4, 0.5) is 0 Å². The van der Waals surface area contributed by atoms with Gasteiger partial charge in [0.2, 0.25) is 5.90 Å². The summed E-state index contributed by atoms with van der Waals surface area (Å²) >= 11 is 0. The molecular weight excluding hydrogens is 390 g/mol. The first-order valence-corrected chi connectivity index (χ1v) is 10.1. The van der Waals surface area contributed by atoms with Crippen molar-refractivity contribution in [2.24, 2.45) is 4.99 Å². The number of cyclic esters (lactones) is 1. The SMILES string of the molecule is Cc1ccccc1OCCOc1ccccc1C=C1N=C(c2ccccc2C)OC1=O. The summed E-state index contributed by atoms with van der Waals surface area (Å²) in [4.78, 5) is 16.8. The van der Waals surface area contributed by atoms with Gasteiger partial charge in [0.25, 0.3) is 0 Å². The van der Waals surface area contributed by atoms with Crippen LogP contribution in [0, 0.1) is 13.8 Å². The molecule has 1 heterocycles. The molecule has 0 amide bonds. The van der Waals surface area contributed by atoms with Crippen molar-refractivity contribution in [3.63, 3.8) is 0 Å². The molecule has 0 unspecified atom stereocenters. The Morgan fingerprint density at radius 1 is 0.806 bits per heavy atom. The molecule has 156 valence electrons. The number of ether oxygens (including phenoxy) is 3. The average molecular weight is 413 g/mol. The van der Waals surface area contributed by atoms with E-state index in [1.807, 2.05) is 86.6 Å². The summed E-state index contributed by atoms with van der Waals surface area (Å²) in [5.41, 5.74) is 3.87. The number of hydrogen-bond donors (Lipinski definition) is 0. The molecule has 0 saturated carbocycles. The lowest BCUT2D eigenvalue weighted by Crippen LogP contribution is -2.10. The van der Waals surface area contributed by atoms with Crippen molar-refractivity contribution in [2.45, 2.75) is 13.8 Å². The predicted octanol–water partition coefficient (Wildman–Crippen LogP) is 5.11. The highest BCUT2D eigenvalue weighted by Gasteiger charge is 2.25. The molecule has 0 saturated heterocycles. The summed E-state index contributed by atoms with van der Waals surface area (Å²) < 4.78 is 17.1. The molecule has 0 fully saturated rings. The Kier molecular flexibility index (Phi) is 6.13. The monoisotopic (exact) mass is 413 g/mol. The van der Waals surface area contributed by atoms with Crippen LogP contribution in [0.1, 0.15) is 22.3 Å². The molecule has 5 heteroatoms. The number of benzene rings is 3. The van der Waals surface area contributed by atoms with Gasteiger partial charge in [-0.05, 0) is 49.2 Å². The molecule has 3 aromatic rings. The highest BCUT2D eigenvalue weighted by molar-refractivity contribution is 6.13. The zero-order chi connectivity index (χ0) is 21.6. The first kappa shape index (κ1) is 20.4. The van der Waals surface area contributed by atoms with Crippen LogP contribution in [0.3, 0.4) is 0 Å². The molecule has 1 aliphatic heterocycles. The number of para-hydroxylation sites is 2. The van der Waals surface area contributed by atoms with Gasteiger partial charge >= 0.3 is 5.97 Å². The topological polar surface area (TPSA) is 57.1 Å². The van der Waals surface area contributed by atoms with Gasteiger partial charge in [-0.3, -0.25) is 0 Å². The molecule has 0 spiro atoms. The van der Waals surface area contributed by atoms with Gasteiger partial charge in [0.05, 0.1) is 0 Å². The molecule has 3 aromatic carbocycles. The van der Waals surface area contributed by atoms with E-state index in [2.05, 4.69) is 4.99 Å². The molecule has 4 rings (SSSR count). The third-order valence-corrected chi connectivity index (χ3v) is 4.90. The lowest BCUT2D eigenvalue weighted by Gasteiger charge is -2.11. The van der Waals surface area contributed by atoms with Crippen molar-refractivity contribution in [3.05, 3.63) is 101 Å². The molecule has 0 aromatic heterocycles. The minimum atomic E-state index is -0.476. The van der Waals surface area contributed by atoms with Gasteiger partial charge in [0.15, 0.2) is 5.70 Å². The van der Waals surface area contributed by atoms with Crippen molar-refractivity contribution < 1.29 is 19.0 Å². The van der Waals surface area contributed by atoms with E-state index in [4.69, 9.17) is 14.2 Å². The number of nitrogens with zero attached hydrogens (tertiary/aromatic N) is 1. The van der Waals surface area contributed by atoms with Crippen LogP contribution >= 0.6 is 0 Å². The number of hydrogen-bond acceptors (Lipinski definition) is 5. The average Bonchev–Trinajstić information content (AvgIpc) is 3.13. The lowest BCUT2D eigenvalue weighted by molar-refractivity contribution is -0.129. The fraction of sp³-hybridized carbons (Fsp3) is 0.154. The van der Waals surface area contributed by atoms with Crippen LogP contribution < -0.4 is 9.47 Å². The molecular formula is C26H23NO4. The zero-order valence-electron chi connectivity index (χ0n) is 17.5. The second-order valence-electron chi connectivity index (χ2n) is 7.15. The molecule has 0 bridgehead atoms. The summed E-state index contributed by atoms with van der Waals surface area (Å²) in [5, 5.41) is 0. The van der Waals surface area contributed by atoms with E-state index >= 15 is 0 Å². The first-order chi connectivity index (χ1) is 15.1. The number of aliphatic imine (C=N–C) groups is 1. The summed E-state index contributed by atoms with van der Waals surface area (Å²) in [6.45, 7) is 4.74. The van der Waals surface area contributed by atoms with E-state index in [1.165, 1.54) is 0 Å². The van der Waals surface area contributed by atoms with Gasteiger partial charge in [-0.2, -0.15) is 0 Å². The Bertz CT molecular complexity index is 1160. The van der Waals surface area contributed by atoms with Crippen LogP contribution in [0.25, 0.3) is 6.08 Å². The Balaban J connectivity index is 1.47. The third-order valence-electron chi connectivity index (χ3n) is 4.90. The lowest BCUT2D eigenvalue weighted by atomic mass is 10.1. The predicted molar refractivity (Wildman–Crippen MR) is 120 cm³/mol. The summed E-state index contributed by atoms with van der Waals surface area (Å²) in [7, 11) is 0. The third kappa shape index (κ3) is 4.83. The van der Waals surface area contributed by atoms with Crippen molar-refractivity contribution in [3.8, 4) is 11.5 Å². The molecule has 5 nitrogen and oxygen atoms in total. The van der Waals surface area contributed by atoms with Crippen molar-refractivity contribution in [1.29, 1.82) is 0 Å². The van der Waals surface area contributed by atoms with Crippen LogP contribution in [-0.4, -0.2) is 25.1 Å². The zero-order valence-corrected chi connectivity index (χ0v) is 17.5.